The summed E-state index contributed by atoms with van der Waals surface area (Å²) >= 11 is 2.01. The molecule has 2 nitrogen and oxygen atoms in total. The minimum atomic E-state index is 0.507. The number of thioether (sulfide) groups is 1. The van der Waals surface area contributed by atoms with Crippen LogP contribution >= 0.6 is 11.8 Å². The van der Waals surface area contributed by atoms with Crippen LogP contribution in [0, 0.1) is 6.92 Å². The smallest absolute Gasteiger partial charge is 0.122 e. The minimum absolute atomic E-state index is 0.507. The first-order chi connectivity index (χ1) is 9.06. The van der Waals surface area contributed by atoms with E-state index in [1.54, 1.807) is 7.11 Å². The van der Waals surface area contributed by atoms with Crippen LogP contribution in [0.2, 0.25) is 0 Å². The zero-order valence-corrected chi connectivity index (χ0v) is 13.6. The van der Waals surface area contributed by atoms with E-state index in [1.807, 2.05) is 11.8 Å². The summed E-state index contributed by atoms with van der Waals surface area (Å²) in [5.74, 6) is 2.14. The highest BCUT2D eigenvalue weighted by atomic mass is 32.2. The Morgan fingerprint density at radius 2 is 2.05 bits per heavy atom. The second kappa shape index (κ2) is 8.49. The highest BCUT2D eigenvalue weighted by molar-refractivity contribution is 7.99. The van der Waals surface area contributed by atoms with E-state index >= 15 is 0 Å². The van der Waals surface area contributed by atoms with Gasteiger partial charge in [-0.05, 0) is 36.8 Å². The second-order valence-electron chi connectivity index (χ2n) is 5.16. The summed E-state index contributed by atoms with van der Waals surface area (Å²) in [5, 5.41) is 4.26. The molecule has 0 heterocycles. The van der Waals surface area contributed by atoms with Gasteiger partial charge in [0.05, 0.1) is 7.11 Å². The molecule has 19 heavy (non-hydrogen) atoms. The van der Waals surface area contributed by atoms with Crippen molar-refractivity contribution >= 4 is 11.8 Å². The lowest BCUT2D eigenvalue weighted by molar-refractivity contribution is 0.406. The molecule has 1 unspecified atom stereocenters. The molecule has 108 valence electrons. The number of likely N-dealkylation sites (N-methyl/N-ethyl adjacent to an activating group) is 1. The van der Waals surface area contributed by atoms with E-state index in [1.165, 1.54) is 11.1 Å². The molecule has 0 aliphatic rings. The number of methoxy groups -OCH3 is 1. The van der Waals surface area contributed by atoms with Crippen LogP contribution in [0.25, 0.3) is 0 Å². The van der Waals surface area contributed by atoms with Crippen LogP contribution in [0.1, 0.15) is 31.9 Å². The molecule has 0 aliphatic heterocycles. The van der Waals surface area contributed by atoms with Crippen molar-refractivity contribution in [3.05, 3.63) is 29.3 Å². The summed E-state index contributed by atoms with van der Waals surface area (Å²) in [7, 11) is 1.75. The predicted octanol–water partition coefficient (Wildman–Crippen LogP) is 3.67. The van der Waals surface area contributed by atoms with E-state index < -0.39 is 0 Å². The summed E-state index contributed by atoms with van der Waals surface area (Å²) in [6.07, 6.45) is 1.03. The second-order valence-corrected chi connectivity index (χ2v) is 6.77. The van der Waals surface area contributed by atoms with Gasteiger partial charge in [0.2, 0.25) is 0 Å². The van der Waals surface area contributed by atoms with E-state index in [-0.39, 0.29) is 0 Å². The maximum Gasteiger partial charge on any atom is 0.122 e. The van der Waals surface area contributed by atoms with Crippen LogP contribution in [0.15, 0.2) is 18.2 Å². The van der Waals surface area contributed by atoms with E-state index in [0.717, 1.165) is 24.5 Å². The fourth-order valence-electron chi connectivity index (χ4n) is 2.12. The van der Waals surface area contributed by atoms with Crippen LogP contribution in [0.3, 0.4) is 0 Å². The highest BCUT2D eigenvalue weighted by Gasteiger charge is 2.13. The van der Waals surface area contributed by atoms with Crippen molar-refractivity contribution in [1.29, 1.82) is 0 Å². The Morgan fingerprint density at radius 1 is 1.32 bits per heavy atom. The number of ether oxygens (including phenoxy) is 1. The average Bonchev–Trinajstić information content (AvgIpc) is 2.36. The molecule has 1 aromatic rings. The Labute approximate surface area is 122 Å². The zero-order valence-electron chi connectivity index (χ0n) is 12.8. The van der Waals surface area contributed by atoms with Crippen LogP contribution < -0.4 is 10.1 Å². The summed E-state index contributed by atoms with van der Waals surface area (Å²) in [4.78, 5) is 0. The molecule has 0 bridgehead atoms. The summed E-state index contributed by atoms with van der Waals surface area (Å²) in [6, 6.07) is 6.92. The molecule has 0 radical (unpaired) electrons. The first-order valence-electron chi connectivity index (χ1n) is 7.05. The van der Waals surface area contributed by atoms with Gasteiger partial charge < -0.3 is 10.1 Å². The molecule has 1 N–H and O–H groups in total. The van der Waals surface area contributed by atoms with Gasteiger partial charge in [0.15, 0.2) is 0 Å². The van der Waals surface area contributed by atoms with Crippen molar-refractivity contribution in [2.75, 3.05) is 19.4 Å². The van der Waals surface area contributed by atoms with Crippen molar-refractivity contribution < 1.29 is 4.74 Å². The van der Waals surface area contributed by atoms with Gasteiger partial charge in [-0.25, -0.2) is 0 Å². The maximum atomic E-state index is 5.47. The Hall–Kier alpha value is -0.670. The fraction of sp³-hybridized carbons (Fsp3) is 0.625. The monoisotopic (exact) mass is 281 g/mol. The zero-order chi connectivity index (χ0) is 14.3. The molecule has 0 aliphatic carbocycles. The first kappa shape index (κ1) is 16.4. The van der Waals surface area contributed by atoms with Gasteiger partial charge in [0.1, 0.15) is 5.75 Å². The molecule has 3 heteroatoms. The number of hydrogen-bond acceptors (Lipinski definition) is 3. The topological polar surface area (TPSA) is 21.3 Å². The first-order valence-corrected chi connectivity index (χ1v) is 8.10. The standard InChI is InChI=1S/C16H27NOS/c1-6-17-15(11-19-12(2)3)10-14-9-13(4)7-8-16(14)18-5/h7-9,12,15,17H,6,10-11H2,1-5H3. The molecule has 0 amide bonds. The third-order valence-electron chi connectivity index (χ3n) is 3.03. The molecular formula is C16H27NOS. The molecular weight excluding hydrogens is 254 g/mol. The van der Waals surface area contributed by atoms with Gasteiger partial charge in [-0.1, -0.05) is 38.5 Å². The Balaban J connectivity index is 2.74. The number of nitrogens with one attached hydrogen (secondary N) is 1. The van der Waals surface area contributed by atoms with Gasteiger partial charge >= 0.3 is 0 Å². The van der Waals surface area contributed by atoms with Gasteiger partial charge in [-0.3, -0.25) is 0 Å². The molecule has 0 saturated heterocycles. The van der Waals surface area contributed by atoms with Crippen LogP contribution in [-0.4, -0.2) is 30.7 Å². The predicted molar refractivity (Wildman–Crippen MR) is 86.5 cm³/mol. The normalized spacial score (nSPS) is 12.7. The third-order valence-corrected chi connectivity index (χ3v) is 4.29. The number of rotatable bonds is 8. The van der Waals surface area contributed by atoms with Gasteiger partial charge in [-0.2, -0.15) is 11.8 Å². The Morgan fingerprint density at radius 3 is 2.63 bits per heavy atom. The van der Waals surface area contributed by atoms with Gasteiger partial charge in [-0.15, -0.1) is 0 Å². The molecule has 1 aromatic carbocycles. The SMILES string of the molecule is CCNC(CSC(C)C)Cc1cc(C)ccc1OC. The number of benzene rings is 1. The summed E-state index contributed by atoms with van der Waals surface area (Å²) in [5.41, 5.74) is 2.60. The van der Waals surface area contributed by atoms with Crippen molar-refractivity contribution in [2.24, 2.45) is 0 Å². The van der Waals surface area contributed by atoms with E-state index in [4.69, 9.17) is 4.74 Å². The van der Waals surface area contributed by atoms with Crippen molar-refractivity contribution in [3.8, 4) is 5.75 Å². The van der Waals surface area contributed by atoms with Gasteiger partial charge in [0, 0.05) is 11.8 Å². The van der Waals surface area contributed by atoms with Crippen LogP contribution in [-0.2, 0) is 6.42 Å². The molecule has 1 atom stereocenters. The number of aryl methyl sites for hydroxylation is 1. The van der Waals surface area contributed by atoms with E-state index in [2.05, 4.69) is 51.2 Å². The number of hydrogen-bond donors (Lipinski definition) is 1. The molecule has 1 rings (SSSR count). The quantitative estimate of drug-likeness (QED) is 0.785. The van der Waals surface area contributed by atoms with Crippen molar-refractivity contribution in [3.63, 3.8) is 0 Å². The molecule has 0 aromatic heterocycles. The maximum absolute atomic E-state index is 5.47. The van der Waals surface area contributed by atoms with Crippen molar-refractivity contribution in [2.45, 2.75) is 45.4 Å². The van der Waals surface area contributed by atoms with E-state index in [0.29, 0.717) is 11.3 Å². The largest absolute Gasteiger partial charge is 0.496 e. The molecule has 0 saturated carbocycles. The average molecular weight is 281 g/mol. The van der Waals surface area contributed by atoms with Gasteiger partial charge in [0.25, 0.3) is 0 Å². The van der Waals surface area contributed by atoms with Crippen molar-refractivity contribution in [1.82, 2.24) is 5.32 Å². The summed E-state index contributed by atoms with van der Waals surface area (Å²) < 4.78 is 5.47. The minimum Gasteiger partial charge on any atom is -0.496 e. The Kier molecular flexibility index (Phi) is 7.32. The fourth-order valence-corrected chi connectivity index (χ4v) is 2.97. The molecule has 0 fully saturated rings. The van der Waals surface area contributed by atoms with Crippen LogP contribution in [0.4, 0.5) is 0 Å². The lowest BCUT2D eigenvalue weighted by Crippen LogP contribution is -2.33. The lowest BCUT2D eigenvalue weighted by Gasteiger charge is -2.20. The van der Waals surface area contributed by atoms with E-state index in [9.17, 15) is 0 Å². The lowest BCUT2D eigenvalue weighted by atomic mass is 10.0. The summed E-state index contributed by atoms with van der Waals surface area (Å²) in [6.45, 7) is 9.81. The van der Waals surface area contributed by atoms with Crippen LogP contribution in [0.5, 0.6) is 5.75 Å². The molecule has 0 spiro atoms. The third kappa shape index (κ3) is 5.87. The Bertz CT molecular complexity index is 379. The highest BCUT2D eigenvalue weighted by Crippen LogP contribution is 2.22.